The average molecular weight is 315 g/mol. The first-order chi connectivity index (χ1) is 10.5. The lowest BCUT2D eigenvalue weighted by atomic mass is 10.2. The summed E-state index contributed by atoms with van der Waals surface area (Å²) in [5.41, 5.74) is 0. The van der Waals surface area contributed by atoms with Gasteiger partial charge in [-0.1, -0.05) is 20.8 Å². The lowest BCUT2D eigenvalue weighted by molar-refractivity contribution is 0.261. The SMILES string of the molecule is CCC(C)NCCN(CCNC(C)CC)CCNC(C)CC. The van der Waals surface area contributed by atoms with E-state index in [1.54, 1.807) is 0 Å². The maximum Gasteiger partial charge on any atom is 0.0108 e. The van der Waals surface area contributed by atoms with Crippen LogP contribution in [-0.4, -0.2) is 62.3 Å². The quantitative estimate of drug-likeness (QED) is 0.434. The summed E-state index contributed by atoms with van der Waals surface area (Å²) in [6.07, 6.45) is 3.60. The molecule has 0 saturated heterocycles. The Hall–Kier alpha value is -0.160. The van der Waals surface area contributed by atoms with Gasteiger partial charge in [0.15, 0.2) is 0 Å². The summed E-state index contributed by atoms with van der Waals surface area (Å²) in [5.74, 6) is 0. The summed E-state index contributed by atoms with van der Waals surface area (Å²) in [4.78, 5) is 2.57. The Morgan fingerprint density at radius 2 is 0.864 bits per heavy atom. The van der Waals surface area contributed by atoms with Gasteiger partial charge in [0.25, 0.3) is 0 Å². The van der Waals surface area contributed by atoms with Crippen molar-refractivity contribution in [1.29, 1.82) is 0 Å². The molecule has 0 aliphatic rings. The van der Waals surface area contributed by atoms with Crippen molar-refractivity contribution in [2.45, 2.75) is 78.9 Å². The molecule has 3 N–H and O–H groups in total. The molecule has 0 bridgehead atoms. The van der Waals surface area contributed by atoms with Crippen LogP contribution in [0.1, 0.15) is 60.8 Å². The van der Waals surface area contributed by atoms with Crippen molar-refractivity contribution < 1.29 is 0 Å². The number of nitrogens with zero attached hydrogens (tertiary/aromatic N) is 1. The zero-order valence-electron chi connectivity index (χ0n) is 16.0. The van der Waals surface area contributed by atoms with Crippen LogP contribution in [0.3, 0.4) is 0 Å². The number of hydrogen-bond donors (Lipinski definition) is 3. The minimum absolute atomic E-state index is 0.623. The molecule has 0 radical (unpaired) electrons. The average Bonchev–Trinajstić information content (AvgIpc) is 2.53. The Morgan fingerprint density at radius 3 is 1.09 bits per heavy atom. The molecule has 0 aromatic rings. The van der Waals surface area contributed by atoms with Gasteiger partial charge in [-0.25, -0.2) is 0 Å². The van der Waals surface area contributed by atoms with E-state index < -0.39 is 0 Å². The molecule has 0 rings (SSSR count). The molecule has 3 atom stereocenters. The highest BCUT2D eigenvalue weighted by atomic mass is 15.2. The van der Waals surface area contributed by atoms with Crippen LogP contribution < -0.4 is 16.0 Å². The van der Waals surface area contributed by atoms with Gasteiger partial charge >= 0.3 is 0 Å². The highest BCUT2D eigenvalue weighted by Gasteiger charge is 2.07. The van der Waals surface area contributed by atoms with Crippen LogP contribution in [0.15, 0.2) is 0 Å². The van der Waals surface area contributed by atoms with Crippen molar-refractivity contribution in [2.24, 2.45) is 0 Å². The maximum atomic E-state index is 3.60. The summed E-state index contributed by atoms with van der Waals surface area (Å²) in [7, 11) is 0. The molecule has 0 heterocycles. The fourth-order valence-electron chi connectivity index (χ4n) is 2.18. The van der Waals surface area contributed by atoms with Gasteiger partial charge in [-0.05, 0) is 40.0 Å². The third-order valence-corrected chi connectivity index (χ3v) is 4.60. The molecule has 22 heavy (non-hydrogen) atoms. The van der Waals surface area contributed by atoms with Crippen LogP contribution in [0.5, 0.6) is 0 Å². The molecule has 0 aromatic heterocycles. The van der Waals surface area contributed by atoms with E-state index in [2.05, 4.69) is 62.4 Å². The molecule has 0 aliphatic carbocycles. The normalized spacial score (nSPS) is 16.0. The summed E-state index contributed by atoms with van der Waals surface area (Å²) < 4.78 is 0. The standard InChI is InChI=1S/C18H42N4/c1-7-16(4)19-10-13-22(14-11-20-17(5)8-2)15-12-21-18(6)9-3/h16-21H,7-15H2,1-6H3. The minimum atomic E-state index is 0.623. The molecular weight excluding hydrogens is 272 g/mol. The summed E-state index contributed by atoms with van der Waals surface area (Å²) in [6, 6.07) is 1.87. The van der Waals surface area contributed by atoms with Crippen LogP contribution in [0.25, 0.3) is 0 Å². The molecule has 3 unspecified atom stereocenters. The Bertz CT molecular complexity index is 197. The second kappa shape index (κ2) is 14.4. The molecule has 4 nitrogen and oxygen atoms in total. The third kappa shape index (κ3) is 12.4. The fraction of sp³-hybridized carbons (Fsp3) is 1.00. The molecule has 0 aliphatic heterocycles. The van der Waals surface area contributed by atoms with Crippen molar-refractivity contribution in [2.75, 3.05) is 39.3 Å². The van der Waals surface area contributed by atoms with E-state index in [0.29, 0.717) is 18.1 Å². The first-order valence-corrected chi connectivity index (χ1v) is 9.45. The zero-order chi connectivity index (χ0) is 16.8. The van der Waals surface area contributed by atoms with Gasteiger partial charge < -0.3 is 16.0 Å². The van der Waals surface area contributed by atoms with Gasteiger partial charge in [0.05, 0.1) is 0 Å². The Labute approximate surface area is 139 Å². The van der Waals surface area contributed by atoms with Crippen LogP contribution in [0.4, 0.5) is 0 Å². The number of hydrogen-bond acceptors (Lipinski definition) is 4. The Kier molecular flexibility index (Phi) is 14.3. The molecule has 0 fully saturated rings. The van der Waals surface area contributed by atoms with E-state index in [0.717, 1.165) is 39.3 Å². The maximum absolute atomic E-state index is 3.60. The number of nitrogens with one attached hydrogen (secondary N) is 3. The molecule has 0 aromatic carbocycles. The molecule has 0 spiro atoms. The predicted molar refractivity (Wildman–Crippen MR) is 99.7 cm³/mol. The van der Waals surface area contributed by atoms with Gasteiger partial charge in [0, 0.05) is 57.4 Å². The second-order valence-electron chi connectivity index (χ2n) is 6.63. The number of rotatable bonds is 15. The van der Waals surface area contributed by atoms with Gasteiger partial charge in [-0.3, -0.25) is 4.90 Å². The first-order valence-electron chi connectivity index (χ1n) is 9.45. The minimum Gasteiger partial charge on any atom is -0.313 e. The van der Waals surface area contributed by atoms with Crippen LogP contribution in [0.2, 0.25) is 0 Å². The molecule has 0 amide bonds. The highest BCUT2D eigenvalue weighted by Crippen LogP contribution is 1.93. The van der Waals surface area contributed by atoms with Crippen molar-refractivity contribution in [3.63, 3.8) is 0 Å². The van der Waals surface area contributed by atoms with Gasteiger partial charge in [0.1, 0.15) is 0 Å². The van der Waals surface area contributed by atoms with E-state index in [9.17, 15) is 0 Å². The monoisotopic (exact) mass is 314 g/mol. The van der Waals surface area contributed by atoms with E-state index >= 15 is 0 Å². The molecular formula is C18H42N4. The lowest BCUT2D eigenvalue weighted by Crippen LogP contribution is -2.43. The molecule has 0 saturated carbocycles. The Balaban J connectivity index is 4.01. The predicted octanol–water partition coefficient (Wildman–Crippen LogP) is 2.45. The molecule has 134 valence electrons. The topological polar surface area (TPSA) is 39.3 Å². The molecule has 4 heteroatoms. The smallest absolute Gasteiger partial charge is 0.0108 e. The third-order valence-electron chi connectivity index (χ3n) is 4.60. The van der Waals surface area contributed by atoms with E-state index in [1.807, 2.05) is 0 Å². The lowest BCUT2D eigenvalue weighted by Gasteiger charge is -2.25. The van der Waals surface area contributed by atoms with E-state index in [1.165, 1.54) is 19.3 Å². The van der Waals surface area contributed by atoms with Crippen molar-refractivity contribution in [3.05, 3.63) is 0 Å². The fourth-order valence-corrected chi connectivity index (χ4v) is 2.18. The van der Waals surface area contributed by atoms with Gasteiger partial charge in [-0.2, -0.15) is 0 Å². The van der Waals surface area contributed by atoms with Crippen LogP contribution in [0, 0.1) is 0 Å². The van der Waals surface area contributed by atoms with Crippen molar-refractivity contribution in [1.82, 2.24) is 20.9 Å². The first kappa shape index (κ1) is 21.8. The summed E-state index contributed by atoms with van der Waals surface area (Å²) >= 11 is 0. The largest absolute Gasteiger partial charge is 0.313 e. The zero-order valence-corrected chi connectivity index (χ0v) is 16.0. The summed E-state index contributed by atoms with van der Waals surface area (Å²) in [5, 5.41) is 10.8. The highest BCUT2D eigenvalue weighted by molar-refractivity contribution is 4.68. The van der Waals surface area contributed by atoms with Crippen LogP contribution in [-0.2, 0) is 0 Å². The summed E-state index contributed by atoms with van der Waals surface area (Å²) in [6.45, 7) is 20.2. The van der Waals surface area contributed by atoms with Crippen molar-refractivity contribution >= 4 is 0 Å². The second-order valence-corrected chi connectivity index (χ2v) is 6.63. The van der Waals surface area contributed by atoms with E-state index in [-0.39, 0.29) is 0 Å². The van der Waals surface area contributed by atoms with Gasteiger partial charge in [-0.15, -0.1) is 0 Å². The Morgan fingerprint density at radius 1 is 0.591 bits per heavy atom. The van der Waals surface area contributed by atoms with E-state index in [4.69, 9.17) is 0 Å². The van der Waals surface area contributed by atoms with Gasteiger partial charge in [0.2, 0.25) is 0 Å². The van der Waals surface area contributed by atoms with Crippen LogP contribution >= 0.6 is 0 Å². The van der Waals surface area contributed by atoms with Crippen molar-refractivity contribution in [3.8, 4) is 0 Å².